The first kappa shape index (κ1) is 13.3. The molecule has 3 nitrogen and oxygen atoms in total. The lowest BCUT2D eigenvalue weighted by atomic mass is 10.3. The second-order valence-electron chi connectivity index (χ2n) is 2.61. The van der Waals surface area contributed by atoms with E-state index in [-0.39, 0.29) is 18.8 Å². The summed E-state index contributed by atoms with van der Waals surface area (Å²) >= 11 is 0. The fourth-order valence-electron chi connectivity index (χ4n) is 0.630. The van der Waals surface area contributed by atoms with E-state index in [9.17, 15) is 4.79 Å². The topological polar surface area (TPSA) is 49.3 Å². The lowest BCUT2D eigenvalue weighted by Gasteiger charge is -2.05. The average molecular weight is 181 g/mol. The van der Waals surface area contributed by atoms with E-state index in [1.54, 1.807) is 0 Å². The highest BCUT2D eigenvalue weighted by Gasteiger charge is 1.96. The highest BCUT2D eigenvalue weighted by atomic mass is 35.5. The van der Waals surface area contributed by atoms with Gasteiger partial charge < -0.3 is 22.8 Å². The van der Waals surface area contributed by atoms with Gasteiger partial charge in [0.2, 0.25) is 0 Å². The van der Waals surface area contributed by atoms with Crippen LogP contribution in [0, 0.1) is 0 Å². The molecule has 0 bridgehead atoms. The molecule has 0 heterocycles. The van der Waals surface area contributed by atoms with Crippen LogP contribution in [0.1, 0.15) is 26.7 Å². The van der Waals surface area contributed by atoms with Crippen LogP contribution in [0.25, 0.3) is 0 Å². The van der Waals surface area contributed by atoms with Crippen LogP contribution in [0.3, 0.4) is 0 Å². The third kappa shape index (κ3) is 12.8. The molecule has 0 saturated heterocycles. The predicted molar refractivity (Wildman–Crippen MR) is 40.0 cm³/mol. The Kier molecular flexibility index (Phi) is 9.47. The Balaban J connectivity index is 0. The minimum absolute atomic E-state index is 0. The van der Waals surface area contributed by atoms with Crippen molar-refractivity contribution < 1.29 is 22.3 Å². The van der Waals surface area contributed by atoms with Crippen LogP contribution in [0.4, 0.5) is 0 Å². The Morgan fingerprint density at radius 2 is 2.09 bits per heavy atom. The number of halogens is 1. The molecule has 0 amide bonds. The summed E-state index contributed by atoms with van der Waals surface area (Å²) < 4.78 is 0. The van der Waals surface area contributed by atoms with Crippen LogP contribution in [0.5, 0.6) is 0 Å². The van der Waals surface area contributed by atoms with E-state index in [0.717, 1.165) is 6.54 Å². The number of hydrogen-bond donors (Lipinski definition) is 2. The van der Waals surface area contributed by atoms with Gasteiger partial charge in [0.05, 0.1) is 0 Å². The Hall–Kier alpha value is -0.280. The van der Waals surface area contributed by atoms with Gasteiger partial charge in [-0.05, 0) is 13.0 Å². The predicted octanol–water partition coefficient (Wildman–Crippen LogP) is -2.15. The Bertz CT molecular complexity index is 107. The van der Waals surface area contributed by atoms with Crippen molar-refractivity contribution in [2.45, 2.75) is 32.7 Å². The van der Waals surface area contributed by atoms with Crippen LogP contribution < -0.4 is 17.7 Å². The lowest BCUT2D eigenvalue weighted by Crippen LogP contribution is -3.00. The molecule has 0 aromatic heterocycles. The average Bonchev–Trinajstić information content (AvgIpc) is 1.79. The van der Waals surface area contributed by atoms with Crippen molar-refractivity contribution in [1.29, 1.82) is 0 Å². The molecule has 11 heavy (non-hydrogen) atoms. The standard InChI is InChI=1S/C7H15NO2.ClH/c1-6(2)8-5-3-4-7(9)10;/h6,8H,3-5H2,1-2H3,(H,9,10);1H/p-1. The van der Waals surface area contributed by atoms with Crippen molar-refractivity contribution in [3.05, 3.63) is 0 Å². The number of rotatable bonds is 5. The summed E-state index contributed by atoms with van der Waals surface area (Å²) in [5.74, 6) is -0.717. The number of nitrogens with one attached hydrogen (secondary N) is 1. The number of carbonyl (C=O) groups is 1. The van der Waals surface area contributed by atoms with Crippen molar-refractivity contribution in [1.82, 2.24) is 5.32 Å². The zero-order valence-electron chi connectivity index (χ0n) is 6.93. The van der Waals surface area contributed by atoms with Gasteiger partial charge >= 0.3 is 5.97 Å². The van der Waals surface area contributed by atoms with E-state index in [0.29, 0.717) is 12.5 Å². The fraction of sp³-hybridized carbons (Fsp3) is 0.857. The highest BCUT2D eigenvalue weighted by Crippen LogP contribution is 1.86. The monoisotopic (exact) mass is 180 g/mol. The quantitative estimate of drug-likeness (QED) is 0.475. The maximum absolute atomic E-state index is 10.0. The van der Waals surface area contributed by atoms with Gasteiger partial charge in [-0.15, -0.1) is 0 Å². The molecule has 4 heteroatoms. The number of aliphatic carboxylic acids is 1. The lowest BCUT2D eigenvalue weighted by molar-refractivity contribution is -0.137. The van der Waals surface area contributed by atoms with Crippen LogP contribution in [-0.2, 0) is 4.79 Å². The molecular weight excluding hydrogens is 166 g/mol. The molecule has 0 unspecified atom stereocenters. The molecule has 0 aliphatic carbocycles. The summed E-state index contributed by atoms with van der Waals surface area (Å²) in [6, 6.07) is 0.453. The molecule has 0 aromatic rings. The first-order chi connectivity index (χ1) is 4.63. The molecule has 2 N–H and O–H groups in total. The second-order valence-corrected chi connectivity index (χ2v) is 2.61. The van der Waals surface area contributed by atoms with E-state index in [1.807, 2.05) is 13.8 Å². The molecule has 0 radical (unpaired) electrons. The van der Waals surface area contributed by atoms with E-state index < -0.39 is 5.97 Å². The zero-order chi connectivity index (χ0) is 7.98. The summed E-state index contributed by atoms with van der Waals surface area (Å²) in [6.45, 7) is 4.88. The highest BCUT2D eigenvalue weighted by molar-refractivity contribution is 5.66. The van der Waals surface area contributed by atoms with Crippen LogP contribution in [-0.4, -0.2) is 23.7 Å². The van der Waals surface area contributed by atoms with E-state index >= 15 is 0 Å². The maximum Gasteiger partial charge on any atom is 0.303 e. The van der Waals surface area contributed by atoms with Crippen LogP contribution >= 0.6 is 0 Å². The van der Waals surface area contributed by atoms with Gasteiger partial charge in [0, 0.05) is 12.5 Å². The van der Waals surface area contributed by atoms with Crippen molar-refractivity contribution in [3.63, 3.8) is 0 Å². The second kappa shape index (κ2) is 7.82. The third-order valence-electron chi connectivity index (χ3n) is 1.12. The first-order valence-electron chi connectivity index (χ1n) is 3.58. The molecule has 0 atom stereocenters. The van der Waals surface area contributed by atoms with Crippen molar-refractivity contribution in [2.24, 2.45) is 0 Å². The molecule has 0 aliphatic heterocycles. The fourth-order valence-corrected chi connectivity index (χ4v) is 0.630. The summed E-state index contributed by atoms with van der Waals surface area (Å²) in [5, 5.41) is 11.4. The van der Waals surface area contributed by atoms with Crippen LogP contribution in [0.2, 0.25) is 0 Å². The minimum atomic E-state index is -0.717. The first-order valence-corrected chi connectivity index (χ1v) is 3.58. The molecule has 0 saturated carbocycles. The SMILES string of the molecule is CC(C)NCCCC(=O)O.[Cl-]. The molecule has 0 fully saturated rings. The van der Waals surface area contributed by atoms with Gasteiger partial charge in [0.1, 0.15) is 0 Å². The van der Waals surface area contributed by atoms with Gasteiger partial charge in [-0.3, -0.25) is 4.79 Å². The van der Waals surface area contributed by atoms with E-state index in [1.165, 1.54) is 0 Å². The van der Waals surface area contributed by atoms with Gasteiger partial charge in [0.15, 0.2) is 0 Å². The molecule has 0 aromatic carbocycles. The number of carboxylic acids is 1. The molecule has 68 valence electrons. The molecular formula is C7H15ClNO2-. The van der Waals surface area contributed by atoms with E-state index in [2.05, 4.69) is 5.32 Å². The number of carboxylic acid groups (broad SMARTS) is 1. The van der Waals surface area contributed by atoms with Crippen molar-refractivity contribution >= 4 is 5.97 Å². The molecule has 0 spiro atoms. The van der Waals surface area contributed by atoms with Gasteiger partial charge in [-0.2, -0.15) is 0 Å². The van der Waals surface area contributed by atoms with Gasteiger partial charge in [-0.1, -0.05) is 13.8 Å². The summed E-state index contributed by atoms with van der Waals surface area (Å²) in [4.78, 5) is 10.0. The third-order valence-corrected chi connectivity index (χ3v) is 1.12. The Morgan fingerprint density at radius 1 is 1.55 bits per heavy atom. The molecule has 0 aliphatic rings. The Labute approximate surface area is 73.6 Å². The Morgan fingerprint density at radius 3 is 2.45 bits per heavy atom. The van der Waals surface area contributed by atoms with Gasteiger partial charge in [0.25, 0.3) is 0 Å². The van der Waals surface area contributed by atoms with E-state index in [4.69, 9.17) is 5.11 Å². The minimum Gasteiger partial charge on any atom is -1.00 e. The van der Waals surface area contributed by atoms with Gasteiger partial charge in [-0.25, -0.2) is 0 Å². The summed E-state index contributed by atoms with van der Waals surface area (Å²) in [6.07, 6.45) is 0.979. The summed E-state index contributed by atoms with van der Waals surface area (Å²) in [7, 11) is 0. The number of hydrogen-bond acceptors (Lipinski definition) is 2. The smallest absolute Gasteiger partial charge is 0.303 e. The molecule has 0 rings (SSSR count). The zero-order valence-corrected chi connectivity index (χ0v) is 7.69. The largest absolute Gasteiger partial charge is 1.00 e. The van der Waals surface area contributed by atoms with Crippen molar-refractivity contribution in [3.8, 4) is 0 Å². The normalized spacial score (nSPS) is 9.36. The van der Waals surface area contributed by atoms with Crippen LogP contribution in [0.15, 0.2) is 0 Å². The maximum atomic E-state index is 10.0. The van der Waals surface area contributed by atoms with Crippen molar-refractivity contribution in [2.75, 3.05) is 6.54 Å². The summed E-state index contributed by atoms with van der Waals surface area (Å²) in [5.41, 5.74) is 0.